The van der Waals surface area contributed by atoms with Crippen molar-refractivity contribution in [3.8, 4) is 0 Å². The summed E-state index contributed by atoms with van der Waals surface area (Å²) in [6, 6.07) is 6.76. The lowest BCUT2D eigenvalue weighted by Crippen LogP contribution is -2.20. The largest absolute Gasteiger partial charge is 0.371 e. The predicted octanol–water partition coefficient (Wildman–Crippen LogP) is 3.00. The zero-order valence-corrected chi connectivity index (χ0v) is 10.8. The highest BCUT2D eigenvalue weighted by atomic mass is 32.1. The van der Waals surface area contributed by atoms with Gasteiger partial charge >= 0.3 is 0 Å². The number of benzene rings is 1. The Bertz CT molecular complexity index is 512. The summed E-state index contributed by atoms with van der Waals surface area (Å²) in [5, 5.41) is 3.61. The van der Waals surface area contributed by atoms with Crippen molar-refractivity contribution in [3.05, 3.63) is 29.1 Å². The fourth-order valence-corrected chi connectivity index (χ4v) is 3.53. The molecule has 2 nitrogen and oxygen atoms in total. The van der Waals surface area contributed by atoms with Gasteiger partial charge in [0.25, 0.3) is 0 Å². The normalized spacial score (nSPS) is 15.9. The van der Waals surface area contributed by atoms with Gasteiger partial charge in [0.1, 0.15) is 0 Å². The maximum atomic E-state index is 5.73. The zero-order chi connectivity index (χ0) is 11.7. The van der Waals surface area contributed by atoms with Crippen LogP contribution in [0, 0.1) is 0 Å². The number of anilines is 1. The van der Waals surface area contributed by atoms with Crippen LogP contribution >= 0.6 is 11.3 Å². The molecule has 90 valence electrons. The minimum Gasteiger partial charge on any atom is -0.371 e. The topological polar surface area (TPSA) is 29.3 Å². The lowest BCUT2D eigenvalue weighted by molar-refractivity contribution is 0.924. The molecule has 0 amide bonds. The summed E-state index contributed by atoms with van der Waals surface area (Å²) in [5.74, 6) is 0. The summed E-state index contributed by atoms with van der Waals surface area (Å²) < 4.78 is 1.40. The molecule has 2 heterocycles. The number of fused-ring (bicyclic) bond motifs is 1. The second-order valence-electron chi connectivity index (χ2n) is 4.64. The Morgan fingerprint density at radius 2 is 2.00 bits per heavy atom. The molecule has 1 aromatic carbocycles. The predicted molar refractivity (Wildman–Crippen MR) is 76.0 cm³/mol. The lowest BCUT2D eigenvalue weighted by atomic mass is 10.1. The number of hydrogen-bond acceptors (Lipinski definition) is 3. The molecule has 1 saturated heterocycles. The fraction of sp³-hybridized carbons (Fsp3) is 0.429. The van der Waals surface area contributed by atoms with E-state index in [1.54, 1.807) is 0 Å². The number of thiophene rings is 1. The van der Waals surface area contributed by atoms with E-state index in [-0.39, 0.29) is 0 Å². The van der Waals surface area contributed by atoms with E-state index in [0.29, 0.717) is 0 Å². The number of nitrogens with two attached hydrogens (primary N) is 1. The summed E-state index contributed by atoms with van der Waals surface area (Å²) in [7, 11) is 0. The summed E-state index contributed by atoms with van der Waals surface area (Å²) in [5.41, 5.74) is 8.60. The van der Waals surface area contributed by atoms with Crippen molar-refractivity contribution >= 4 is 27.1 Å². The van der Waals surface area contributed by atoms with E-state index in [1.165, 1.54) is 47.3 Å². The second kappa shape index (κ2) is 4.67. The van der Waals surface area contributed by atoms with Crippen molar-refractivity contribution in [2.24, 2.45) is 5.73 Å². The van der Waals surface area contributed by atoms with Crippen LogP contribution < -0.4 is 10.6 Å². The molecule has 0 radical (unpaired) electrons. The zero-order valence-electron chi connectivity index (χ0n) is 9.98. The summed E-state index contributed by atoms with van der Waals surface area (Å²) in [4.78, 5) is 2.54. The smallest absolute Gasteiger partial charge is 0.0487 e. The monoisotopic (exact) mass is 246 g/mol. The van der Waals surface area contributed by atoms with Crippen molar-refractivity contribution in [2.75, 3.05) is 24.5 Å². The molecule has 0 bridgehead atoms. The lowest BCUT2D eigenvalue weighted by Gasteiger charge is -2.22. The minimum atomic E-state index is 0.733. The molecule has 3 heteroatoms. The molecular formula is C14H18N2S. The highest BCUT2D eigenvalue weighted by molar-refractivity contribution is 7.17. The third-order valence-electron chi connectivity index (χ3n) is 3.53. The first-order valence-electron chi connectivity index (χ1n) is 6.34. The van der Waals surface area contributed by atoms with Crippen molar-refractivity contribution in [1.82, 2.24) is 0 Å². The highest BCUT2D eigenvalue weighted by Crippen LogP contribution is 2.35. The molecule has 1 aliphatic rings. The van der Waals surface area contributed by atoms with Gasteiger partial charge < -0.3 is 10.6 Å². The third-order valence-corrected chi connectivity index (χ3v) is 4.41. The molecule has 0 spiro atoms. The second-order valence-corrected chi connectivity index (χ2v) is 5.59. The minimum absolute atomic E-state index is 0.733. The maximum absolute atomic E-state index is 5.73. The molecule has 0 unspecified atom stereocenters. The first kappa shape index (κ1) is 11.1. The average molecular weight is 246 g/mol. The van der Waals surface area contributed by atoms with E-state index in [9.17, 15) is 0 Å². The molecule has 17 heavy (non-hydrogen) atoms. The van der Waals surface area contributed by atoms with Crippen LogP contribution in [0.25, 0.3) is 10.1 Å². The molecule has 0 saturated carbocycles. The van der Waals surface area contributed by atoms with E-state index in [2.05, 4.69) is 28.5 Å². The van der Waals surface area contributed by atoms with Crippen molar-refractivity contribution in [3.63, 3.8) is 0 Å². The fourth-order valence-electron chi connectivity index (χ4n) is 2.75. The van der Waals surface area contributed by atoms with Crippen LogP contribution in [0.3, 0.4) is 0 Å². The maximum Gasteiger partial charge on any atom is 0.0487 e. The molecule has 2 aromatic rings. The number of rotatable bonds is 3. The first-order valence-corrected chi connectivity index (χ1v) is 7.22. The quantitative estimate of drug-likeness (QED) is 0.902. The Morgan fingerprint density at radius 3 is 2.76 bits per heavy atom. The van der Waals surface area contributed by atoms with Gasteiger partial charge in [-0.05, 0) is 48.9 Å². The third kappa shape index (κ3) is 1.94. The van der Waals surface area contributed by atoms with Crippen LogP contribution in [0.4, 0.5) is 5.69 Å². The molecule has 2 N–H and O–H groups in total. The molecule has 0 aliphatic carbocycles. The Kier molecular flexibility index (Phi) is 3.04. The van der Waals surface area contributed by atoms with Gasteiger partial charge in [-0.25, -0.2) is 0 Å². The van der Waals surface area contributed by atoms with Gasteiger partial charge in [-0.1, -0.05) is 6.07 Å². The highest BCUT2D eigenvalue weighted by Gasteiger charge is 2.18. The summed E-state index contributed by atoms with van der Waals surface area (Å²) in [6.45, 7) is 3.13. The molecule has 0 atom stereocenters. The molecule has 3 rings (SSSR count). The molecular weight excluding hydrogens is 228 g/mol. The SMILES string of the molecule is NCCc1ccc2sccc2c1N1CCCC1. The van der Waals surface area contributed by atoms with Gasteiger partial charge in [-0.3, -0.25) is 0 Å². The number of nitrogens with zero attached hydrogens (tertiary/aromatic N) is 1. The Labute approximate surface area is 106 Å². The van der Waals surface area contributed by atoms with Gasteiger partial charge in [0.15, 0.2) is 0 Å². The first-order chi connectivity index (χ1) is 8.40. The Balaban J connectivity index is 2.14. The molecule has 1 aromatic heterocycles. The van der Waals surface area contributed by atoms with Crippen molar-refractivity contribution in [2.45, 2.75) is 19.3 Å². The average Bonchev–Trinajstić information content (AvgIpc) is 2.99. The van der Waals surface area contributed by atoms with Crippen LogP contribution in [0.1, 0.15) is 18.4 Å². The van der Waals surface area contributed by atoms with Crippen LogP contribution in [0.2, 0.25) is 0 Å². The Morgan fingerprint density at radius 1 is 1.18 bits per heavy atom. The molecule has 1 fully saturated rings. The van der Waals surface area contributed by atoms with Gasteiger partial charge in [-0.2, -0.15) is 0 Å². The van der Waals surface area contributed by atoms with Gasteiger partial charge in [-0.15, -0.1) is 11.3 Å². The summed E-state index contributed by atoms with van der Waals surface area (Å²) >= 11 is 1.83. The van der Waals surface area contributed by atoms with Crippen LogP contribution in [0.15, 0.2) is 23.6 Å². The van der Waals surface area contributed by atoms with Crippen LogP contribution in [-0.4, -0.2) is 19.6 Å². The number of hydrogen-bond donors (Lipinski definition) is 1. The van der Waals surface area contributed by atoms with Crippen molar-refractivity contribution in [1.29, 1.82) is 0 Å². The van der Waals surface area contributed by atoms with E-state index >= 15 is 0 Å². The van der Waals surface area contributed by atoms with Crippen LogP contribution in [-0.2, 0) is 6.42 Å². The van der Waals surface area contributed by atoms with Crippen LogP contribution in [0.5, 0.6) is 0 Å². The van der Waals surface area contributed by atoms with Gasteiger partial charge in [0.2, 0.25) is 0 Å². The standard InChI is InChI=1S/C14H18N2S/c15-7-5-11-3-4-13-12(6-10-17-13)14(11)16-8-1-2-9-16/h3-4,6,10H,1-2,5,7-9,15H2. The van der Waals surface area contributed by atoms with E-state index < -0.39 is 0 Å². The van der Waals surface area contributed by atoms with E-state index in [1.807, 2.05) is 11.3 Å². The van der Waals surface area contributed by atoms with E-state index in [0.717, 1.165) is 13.0 Å². The Hall–Kier alpha value is -1.06. The van der Waals surface area contributed by atoms with Gasteiger partial charge in [0.05, 0.1) is 0 Å². The van der Waals surface area contributed by atoms with Gasteiger partial charge in [0, 0.05) is 28.9 Å². The summed E-state index contributed by atoms with van der Waals surface area (Å²) in [6.07, 6.45) is 3.63. The van der Waals surface area contributed by atoms with Crippen molar-refractivity contribution < 1.29 is 0 Å². The molecule has 1 aliphatic heterocycles. The van der Waals surface area contributed by atoms with E-state index in [4.69, 9.17) is 5.73 Å².